The van der Waals surface area contributed by atoms with Gasteiger partial charge >= 0.3 is 0 Å². The first-order chi connectivity index (χ1) is 15.7. The van der Waals surface area contributed by atoms with Crippen molar-refractivity contribution < 1.29 is 9.15 Å². The van der Waals surface area contributed by atoms with E-state index in [1.807, 2.05) is 60.7 Å². The minimum atomic E-state index is -0.566. The molecule has 2 aromatic carbocycles. The Kier molecular flexibility index (Phi) is 6.01. The summed E-state index contributed by atoms with van der Waals surface area (Å²) in [7, 11) is 0. The first-order valence-corrected chi connectivity index (χ1v) is 11.8. The van der Waals surface area contributed by atoms with Crippen LogP contribution < -0.4 is 10.1 Å². The van der Waals surface area contributed by atoms with Gasteiger partial charge in [-0.2, -0.15) is 4.98 Å². The first-order valence-electron chi connectivity index (χ1n) is 10.5. The van der Waals surface area contributed by atoms with Gasteiger partial charge in [0.05, 0.1) is 0 Å². The second-order valence-electron chi connectivity index (χ2n) is 7.35. The number of aromatic nitrogens is 3. The van der Waals surface area contributed by atoms with Crippen LogP contribution in [0.25, 0.3) is 22.6 Å². The van der Waals surface area contributed by atoms with Crippen molar-refractivity contribution in [2.45, 2.75) is 31.1 Å². The van der Waals surface area contributed by atoms with Gasteiger partial charge in [0.25, 0.3) is 0 Å². The summed E-state index contributed by atoms with van der Waals surface area (Å²) in [5.74, 6) is 2.75. The van der Waals surface area contributed by atoms with Gasteiger partial charge in [-0.25, -0.2) is 0 Å². The van der Waals surface area contributed by atoms with Crippen LogP contribution in [0.5, 0.6) is 5.88 Å². The monoisotopic (exact) mass is 464 g/mol. The molecule has 0 spiro atoms. The van der Waals surface area contributed by atoms with E-state index in [-0.39, 0.29) is 0 Å². The SMILES string of the molecule is CCCCSc1nnc2c(n1)O[C@H](c1ccc(-c3ccc(Cl)cc3)o1)Nc1ccccc1-2. The first kappa shape index (κ1) is 20.8. The Labute approximate surface area is 195 Å². The molecule has 0 saturated heterocycles. The summed E-state index contributed by atoms with van der Waals surface area (Å²) < 4.78 is 12.4. The molecule has 6 nitrogen and oxygen atoms in total. The van der Waals surface area contributed by atoms with Crippen LogP contribution in [0.4, 0.5) is 5.69 Å². The number of halogens is 1. The Morgan fingerprint density at radius 3 is 2.72 bits per heavy atom. The highest BCUT2D eigenvalue weighted by Crippen LogP contribution is 2.40. The molecule has 0 unspecified atom stereocenters. The van der Waals surface area contributed by atoms with Crippen molar-refractivity contribution in [2.75, 3.05) is 11.1 Å². The average Bonchev–Trinajstić information content (AvgIpc) is 3.24. The molecule has 1 N–H and O–H groups in total. The number of hydrogen-bond acceptors (Lipinski definition) is 7. The molecule has 0 saturated carbocycles. The molecule has 162 valence electrons. The number of furan rings is 1. The number of unbranched alkanes of at least 4 members (excludes halogenated alkanes) is 1. The number of ether oxygens (including phenoxy) is 1. The lowest BCUT2D eigenvalue weighted by Gasteiger charge is -2.16. The molecular weight excluding hydrogens is 444 g/mol. The number of benzene rings is 2. The highest BCUT2D eigenvalue weighted by atomic mass is 35.5. The van der Waals surface area contributed by atoms with Gasteiger partial charge in [-0.3, -0.25) is 0 Å². The zero-order valence-corrected chi connectivity index (χ0v) is 19.0. The van der Waals surface area contributed by atoms with E-state index in [4.69, 9.17) is 20.8 Å². The van der Waals surface area contributed by atoms with Crippen molar-refractivity contribution in [1.82, 2.24) is 15.2 Å². The second kappa shape index (κ2) is 9.22. The van der Waals surface area contributed by atoms with Crippen molar-refractivity contribution in [3.05, 3.63) is 71.4 Å². The smallest absolute Gasteiger partial charge is 0.247 e. The molecule has 3 heterocycles. The minimum absolute atomic E-state index is 0.436. The number of nitrogens with one attached hydrogen (secondary N) is 1. The lowest BCUT2D eigenvalue weighted by molar-refractivity contribution is 0.196. The summed E-state index contributed by atoms with van der Waals surface area (Å²) in [5, 5.41) is 13.5. The summed E-state index contributed by atoms with van der Waals surface area (Å²) in [6, 6.07) is 19.2. The lowest BCUT2D eigenvalue weighted by atomic mass is 10.1. The molecule has 0 radical (unpaired) electrons. The summed E-state index contributed by atoms with van der Waals surface area (Å²) in [4.78, 5) is 4.67. The van der Waals surface area contributed by atoms with Crippen LogP contribution in [0.2, 0.25) is 5.02 Å². The number of anilines is 1. The maximum Gasteiger partial charge on any atom is 0.247 e. The molecule has 8 heteroatoms. The Bertz CT molecular complexity index is 1230. The van der Waals surface area contributed by atoms with Crippen LogP contribution in [0, 0.1) is 0 Å². The average molecular weight is 465 g/mol. The molecule has 2 aromatic heterocycles. The molecule has 1 atom stereocenters. The van der Waals surface area contributed by atoms with E-state index in [1.54, 1.807) is 11.8 Å². The molecule has 4 aromatic rings. The number of fused-ring (bicyclic) bond motifs is 3. The highest BCUT2D eigenvalue weighted by molar-refractivity contribution is 7.99. The summed E-state index contributed by atoms with van der Waals surface area (Å²) in [6.07, 6.45) is 1.65. The van der Waals surface area contributed by atoms with Crippen molar-refractivity contribution >= 4 is 29.1 Å². The van der Waals surface area contributed by atoms with E-state index in [1.165, 1.54) is 0 Å². The quantitative estimate of drug-likeness (QED) is 0.247. The molecule has 1 aliphatic heterocycles. The molecule has 0 fully saturated rings. The van der Waals surface area contributed by atoms with Crippen LogP contribution >= 0.6 is 23.4 Å². The minimum Gasteiger partial charge on any atom is -0.455 e. The van der Waals surface area contributed by atoms with Gasteiger partial charge in [-0.05, 0) is 48.9 Å². The third-order valence-electron chi connectivity index (χ3n) is 5.08. The fourth-order valence-electron chi connectivity index (χ4n) is 3.41. The van der Waals surface area contributed by atoms with Gasteiger partial charge in [-0.1, -0.05) is 54.9 Å². The third-order valence-corrected chi connectivity index (χ3v) is 6.25. The highest BCUT2D eigenvalue weighted by Gasteiger charge is 2.28. The molecule has 5 rings (SSSR count). The molecule has 32 heavy (non-hydrogen) atoms. The predicted molar refractivity (Wildman–Crippen MR) is 127 cm³/mol. The Morgan fingerprint density at radius 2 is 1.88 bits per heavy atom. The fourth-order valence-corrected chi connectivity index (χ4v) is 4.40. The van der Waals surface area contributed by atoms with Gasteiger partial charge < -0.3 is 14.5 Å². The number of nitrogens with zero attached hydrogens (tertiary/aromatic N) is 3. The van der Waals surface area contributed by atoms with E-state index in [2.05, 4.69) is 27.4 Å². The van der Waals surface area contributed by atoms with Crippen molar-refractivity contribution in [1.29, 1.82) is 0 Å². The van der Waals surface area contributed by atoms with Crippen LogP contribution in [0.15, 0.2) is 70.2 Å². The van der Waals surface area contributed by atoms with Gasteiger partial charge in [0.2, 0.25) is 17.3 Å². The number of thioether (sulfide) groups is 1. The maximum atomic E-state index is 6.29. The van der Waals surface area contributed by atoms with Gasteiger partial charge in [-0.15, -0.1) is 10.2 Å². The largest absolute Gasteiger partial charge is 0.455 e. The number of rotatable bonds is 6. The second-order valence-corrected chi connectivity index (χ2v) is 8.85. The van der Waals surface area contributed by atoms with E-state index in [0.717, 1.165) is 41.2 Å². The third kappa shape index (κ3) is 4.31. The van der Waals surface area contributed by atoms with Crippen molar-refractivity contribution in [3.63, 3.8) is 0 Å². The van der Waals surface area contributed by atoms with Gasteiger partial charge in [0.1, 0.15) is 5.76 Å². The Morgan fingerprint density at radius 1 is 1.03 bits per heavy atom. The van der Waals surface area contributed by atoms with E-state index in [9.17, 15) is 0 Å². The molecular formula is C24H21ClN4O2S. The zero-order valence-electron chi connectivity index (χ0n) is 17.4. The Hall–Kier alpha value is -3.03. The standard InChI is InChI=1S/C24H21ClN4O2S/c1-2-3-14-32-24-27-23-21(28-29-24)17-6-4-5-7-18(17)26-22(31-23)20-13-12-19(30-20)15-8-10-16(25)11-9-15/h4-13,22,26H,2-3,14H2,1H3/t22-/m1/s1. The topological polar surface area (TPSA) is 73.1 Å². The molecule has 1 aliphatic rings. The van der Waals surface area contributed by atoms with E-state index in [0.29, 0.717) is 27.5 Å². The predicted octanol–water partition coefficient (Wildman–Crippen LogP) is 6.85. The lowest BCUT2D eigenvalue weighted by Crippen LogP contribution is -2.16. The summed E-state index contributed by atoms with van der Waals surface area (Å²) in [5.41, 5.74) is 3.32. The Balaban J connectivity index is 1.49. The van der Waals surface area contributed by atoms with Crippen LogP contribution in [0.1, 0.15) is 31.8 Å². The molecule has 0 bridgehead atoms. The van der Waals surface area contributed by atoms with Crippen LogP contribution in [0.3, 0.4) is 0 Å². The van der Waals surface area contributed by atoms with E-state index >= 15 is 0 Å². The zero-order chi connectivity index (χ0) is 21.9. The van der Waals surface area contributed by atoms with Crippen LogP contribution in [-0.2, 0) is 0 Å². The maximum absolute atomic E-state index is 6.29. The number of para-hydroxylation sites is 1. The van der Waals surface area contributed by atoms with E-state index < -0.39 is 6.23 Å². The van der Waals surface area contributed by atoms with Gasteiger partial charge in [0.15, 0.2) is 11.5 Å². The van der Waals surface area contributed by atoms with Crippen molar-refractivity contribution in [3.8, 4) is 28.5 Å². The summed E-state index contributed by atoms with van der Waals surface area (Å²) in [6.45, 7) is 2.16. The van der Waals surface area contributed by atoms with Gasteiger partial charge in [0, 0.05) is 27.6 Å². The summed E-state index contributed by atoms with van der Waals surface area (Å²) >= 11 is 7.60. The number of hydrogen-bond donors (Lipinski definition) is 1. The van der Waals surface area contributed by atoms with Crippen molar-refractivity contribution in [2.24, 2.45) is 0 Å². The van der Waals surface area contributed by atoms with Crippen LogP contribution in [-0.4, -0.2) is 20.9 Å². The molecule has 0 aliphatic carbocycles. The normalized spacial score (nSPS) is 14.6. The fraction of sp³-hybridized carbons (Fsp3) is 0.208. The molecule has 0 amide bonds.